The van der Waals surface area contributed by atoms with E-state index in [9.17, 15) is 22.8 Å². The maximum Gasteiger partial charge on any atom is 0.416 e. The number of amides is 3. The van der Waals surface area contributed by atoms with Gasteiger partial charge in [-0.3, -0.25) is 4.79 Å². The van der Waals surface area contributed by atoms with Crippen molar-refractivity contribution in [3.05, 3.63) is 69.7 Å². The second kappa shape index (κ2) is 9.59. The molecule has 9 heteroatoms. The second-order valence-corrected chi connectivity index (χ2v) is 6.92. The van der Waals surface area contributed by atoms with Crippen LogP contribution in [0.25, 0.3) is 0 Å². The number of halogens is 4. The molecule has 0 heterocycles. The molecule has 0 spiro atoms. The third-order valence-corrected chi connectivity index (χ3v) is 4.39. The van der Waals surface area contributed by atoms with Crippen molar-refractivity contribution in [2.24, 2.45) is 0 Å². The van der Waals surface area contributed by atoms with Crippen molar-refractivity contribution in [1.82, 2.24) is 16.0 Å². The van der Waals surface area contributed by atoms with Gasteiger partial charge in [0.2, 0.25) is 0 Å². The Labute approximate surface area is 168 Å². The fourth-order valence-electron chi connectivity index (χ4n) is 2.37. The minimum absolute atomic E-state index is 0.170. The number of urea groups is 1. The zero-order chi connectivity index (χ0) is 20.7. The molecular weight excluding hydrogens is 439 g/mol. The zero-order valence-corrected chi connectivity index (χ0v) is 16.5. The van der Waals surface area contributed by atoms with Crippen molar-refractivity contribution in [1.29, 1.82) is 0 Å². The van der Waals surface area contributed by atoms with Gasteiger partial charge in [0.1, 0.15) is 0 Å². The summed E-state index contributed by atoms with van der Waals surface area (Å²) in [6, 6.07) is 10.5. The second-order valence-electron chi connectivity index (χ2n) is 6.01. The molecule has 0 fully saturated rings. The molecule has 0 saturated carbocycles. The Kier molecular flexibility index (Phi) is 7.45. The van der Waals surface area contributed by atoms with Crippen molar-refractivity contribution >= 4 is 27.9 Å². The SMILES string of the molecule is CC(NC(=O)NCCNC(=O)c1ccc(Br)cc1)c1cccc(C(F)(F)F)c1. The number of rotatable bonds is 6. The van der Waals surface area contributed by atoms with Crippen molar-refractivity contribution in [3.63, 3.8) is 0 Å². The molecule has 2 rings (SSSR count). The topological polar surface area (TPSA) is 70.2 Å². The Hall–Kier alpha value is -2.55. The van der Waals surface area contributed by atoms with E-state index in [0.717, 1.165) is 16.6 Å². The summed E-state index contributed by atoms with van der Waals surface area (Å²) < 4.78 is 39.2. The van der Waals surface area contributed by atoms with Gasteiger partial charge in [-0.25, -0.2) is 4.79 Å². The van der Waals surface area contributed by atoms with Crippen molar-refractivity contribution in [2.75, 3.05) is 13.1 Å². The Morgan fingerprint density at radius 2 is 1.68 bits per heavy atom. The van der Waals surface area contributed by atoms with E-state index < -0.39 is 23.8 Å². The smallest absolute Gasteiger partial charge is 0.350 e. The molecule has 0 aliphatic heterocycles. The first-order valence-electron chi connectivity index (χ1n) is 8.42. The highest BCUT2D eigenvalue weighted by atomic mass is 79.9. The third kappa shape index (κ3) is 6.56. The van der Waals surface area contributed by atoms with Crippen LogP contribution in [-0.2, 0) is 6.18 Å². The maximum atomic E-state index is 12.8. The summed E-state index contributed by atoms with van der Waals surface area (Å²) in [6.07, 6.45) is -4.44. The predicted molar refractivity (Wildman–Crippen MR) is 103 cm³/mol. The first-order chi connectivity index (χ1) is 13.2. The predicted octanol–water partition coefficient (Wildman–Crippen LogP) is 4.26. The van der Waals surface area contributed by atoms with Crippen LogP contribution < -0.4 is 16.0 Å². The summed E-state index contributed by atoms with van der Waals surface area (Å²) >= 11 is 3.28. The fraction of sp³-hybridized carbons (Fsp3) is 0.263. The van der Waals surface area contributed by atoms with Crippen LogP contribution in [0.5, 0.6) is 0 Å². The number of benzene rings is 2. The molecule has 5 nitrogen and oxygen atoms in total. The molecule has 1 atom stereocenters. The van der Waals surface area contributed by atoms with Gasteiger partial charge in [0.15, 0.2) is 0 Å². The van der Waals surface area contributed by atoms with Crippen LogP contribution in [0.3, 0.4) is 0 Å². The van der Waals surface area contributed by atoms with Gasteiger partial charge in [0.05, 0.1) is 11.6 Å². The lowest BCUT2D eigenvalue weighted by molar-refractivity contribution is -0.137. The minimum atomic E-state index is -4.44. The minimum Gasteiger partial charge on any atom is -0.350 e. The van der Waals surface area contributed by atoms with Crippen LogP contribution >= 0.6 is 15.9 Å². The normalized spacial score (nSPS) is 12.2. The Bertz CT molecular complexity index is 826. The lowest BCUT2D eigenvalue weighted by Gasteiger charge is -2.17. The maximum absolute atomic E-state index is 12.8. The van der Waals surface area contributed by atoms with Crippen LogP contribution in [0.15, 0.2) is 53.0 Å². The van der Waals surface area contributed by atoms with E-state index in [1.54, 1.807) is 31.2 Å². The number of hydrogen-bond acceptors (Lipinski definition) is 2. The van der Waals surface area contributed by atoms with E-state index in [0.29, 0.717) is 11.1 Å². The van der Waals surface area contributed by atoms with Crippen molar-refractivity contribution in [3.8, 4) is 0 Å². The van der Waals surface area contributed by atoms with Crippen LogP contribution in [0.4, 0.5) is 18.0 Å². The monoisotopic (exact) mass is 457 g/mol. The van der Waals surface area contributed by atoms with Gasteiger partial charge < -0.3 is 16.0 Å². The number of nitrogens with one attached hydrogen (secondary N) is 3. The van der Waals surface area contributed by atoms with Gasteiger partial charge in [-0.15, -0.1) is 0 Å². The number of hydrogen-bond donors (Lipinski definition) is 3. The number of carbonyl (C=O) groups is 2. The largest absolute Gasteiger partial charge is 0.416 e. The molecule has 150 valence electrons. The van der Waals surface area contributed by atoms with E-state index in [1.807, 2.05) is 0 Å². The molecule has 0 radical (unpaired) electrons. The van der Waals surface area contributed by atoms with Crippen LogP contribution in [-0.4, -0.2) is 25.0 Å². The molecule has 0 aromatic heterocycles. The summed E-state index contributed by atoms with van der Waals surface area (Å²) in [5.74, 6) is -0.271. The van der Waals surface area contributed by atoms with E-state index in [4.69, 9.17) is 0 Å². The van der Waals surface area contributed by atoms with E-state index in [2.05, 4.69) is 31.9 Å². The quantitative estimate of drug-likeness (QED) is 0.567. The zero-order valence-electron chi connectivity index (χ0n) is 14.9. The highest BCUT2D eigenvalue weighted by Crippen LogP contribution is 2.30. The molecule has 0 aliphatic rings. The summed E-state index contributed by atoms with van der Waals surface area (Å²) in [7, 11) is 0. The van der Waals surface area contributed by atoms with E-state index in [1.165, 1.54) is 12.1 Å². The van der Waals surface area contributed by atoms with Gasteiger partial charge in [-0.2, -0.15) is 13.2 Å². The standard InChI is InChI=1S/C19H19BrF3N3O2/c1-12(14-3-2-4-15(11-14)19(21,22)23)26-18(28)25-10-9-24-17(27)13-5-7-16(20)8-6-13/h2-8,11-12H,9-10H2,1H3,(H,24,27)(H2,25,26,28). The molecule has 28 heavy (non-hydrogen) atoms. The van der Waals surface area contributed by atoms with E-state index in [-0.39, 0.29) is 19.0 Å². The van der Waals surface area contributed by atoms with E-state index >= 15 is 0 Å². The highest BCUT2D eigenvalue weighted by Gasteiger charge is 2.30. The summed E-state index contributed by atoms with van der Waals surface area (Å²) in [5.41, 5.74) is 0.0639. The first kappa shape index (κ1) is 21.7. The fourth-order valence-corrected chi connectivity index (χ4v) is 2.64. The Morgan fingerprint density at radius 3 is 2.32 bits per heavy atom. The molecular formula is C19H19BrF3N3O2. The summed E-state index contributed by atoms with van der Waals surface area (Å²) in [5, 5.41) is 7.78. The number of alkyl halides is 3. The average Bonchev–Trinajstić information content (AvgIpc) is 2.65. The first-order valence-corrected chi connectivity index (χ1v) is 9.21. The highest BCUT2D eigenvalue weighted by molar-refractivity contribution is 9.10. The Morgan fingerprint density at radius 1 is 1.04 bits per heavy atom. The Balaban J connectivity index is 1.76. The van der Waals surface area contributed by atoms with Gasteiger partial charge in [-0.05, 0) is 48.9 Å². The molecule has 0 bridgehead atoms. The van der Waals surface area contributed by atoms with Gasteiger partial charge >= 0.3 is 12.2 Å². The van der Waals surface area contributed by atoms with Crippen molar-refractivity contribution < 1.29 is 22.8 Å². The third-order valence-electron chi connectivity index (χ3n) is 3.86. The van der Waals surface area contributed by atoms with Crippen LogP contribution in [0.2, 0.25) is 0 Å². The van der Waals surface area contributed by atoms with Gasteiger partial charge in [-0.1, -0.05) is 28.1 Å². The number of carbonyl (C=O) groups excluding carboxylic acids is 2. The molecule has 3 N–H and O–H groups in total. The molecule has 1 unspecified atom stereocenters. The van der Waals surface area contributed by atoms with Crippen molar-refractivity contribution in [2.45, 2.75) is 19.1 Å². The molecule has 2 aromatic carbocycles. The average molecular weight is 458 g/mol. The molecule has 0 saturated heterocycles. The van der Waals surface area contributed by atoms with Gasteiger partial charge in [0.25, 0.3) is 5.91 Å². The van der Waals surface area contributed by atoms with Gasteiger partial charge in [0, 0.05) is 23.1 Å². The lowest BCUT2D eigenvalue weighted by atomic mass is 10.1. The molecule has 2 aromatic rings. The van der Waals surface area contributed by atoms with Crippen LogP contribution in [0, 0.1) is 0 Å². The molecule has 0 aliphatic carbocycles. The summed E-state index contributed by atoms with van der Waals surface area (Å²) in [4.78, 5) is 23.8. The summed E-state index contributed by atoms with van der Waals surface area (Å²) in [6.45, 7) is 1.97. The van der Waals surface area contributed by atoms with Crippen LogP contribution in [0.1, 0.15) is 34.5 Å². The molecule has 3 amide bonds. The lowest BCUT2D eigenvalue weighted by Crippen LogP contribution is -2.41.